The molecule has 3 aromatic rings. The highest BCUT2D eigenvalue weighted by molar-refractivity contribution is 7.93. The van der Waals surface area contributed by atoms with E-state index in [1.807, 2.05) is 33.8 Å². The van der Waals surface area contributed by atoms with Crippen molar-refractivity contribution in [1.82, 2.24) is 4.90 Å². The molecular weight excluding hydrogens is 597 g/mol. The SMILES string of the molecule is Cc1cc(C)c(C)c(S(=O)(=O)N(C)c2ccc(OCC(=O)N3CCC(C(=O)Nc4ccc(Cl)c(Cl)c4)CC3)cc2)c1C. The molecule has 0 bridgehead atoms. The lowest BCUT2D eigenvalue weighted by Crippen LogP contribution is -2.43. The van der Waals surface area contributed by atoms with Gasteiger partial charge in [-0.2, -0.15) is 0 Å². The van der Waals surface area contributed by atoms with Crippen LogP contribution in [0.4, 0.5) is 11.4 Å². The van der Waals surface area contributed by atoms with Crippen LogP contribution in [0.15, 0.2) is 53.4 Å². The molecule has 1 aliphatic heterocycles. The van der Waals surface area contributed by atoms with Crippen LogP contribution in [-0.4, -0.2) is 51.9 Å². The molecular formula is C31H35Cl2N3O5S. The molecule has 0 radical (unpaired) electrons. The number of nitrogens with one attached hydrogen (secondary N) is 1. The van der Waals surface area contributed by atoms with Gasteiger partial charge in [-0.15, -0.1) is 0 Å². The number of anilines is 2. The third-order valence-electron chi connectivity index (χ3n) is 7.88. The molecule has 0 aliphatic carbocycles. The zero-order valence-electron chi connectivity index (χ0n) is 24.3. The van der Waals surface area contributed by atoms with Crippen molar-refractivity contribution in [2.24, 2.45) is 5.92 Å². The third-order valence-corrected chi connectivity index (χ3v) is 10.7. The first kappa shape index (κ1) is 31.7. The van der Waals surface area contributed by atoms with Crippen molar-refractivity contribution >= 4 is 56.4 Å². The second kappa shape index (κ2) is 12.9. The molecule has 1 aliphatic rings. The number of carbonyl (C=O) groups is 2. The second-order valence-corrected chi connectivity index (χ2v) is 13.3. The molecule has 42 heavy (non-hydrogen) atoms. The van der Waals surface area contributed by atoms with Gasteiger partial charge < -0.3 is 15.0 Å². The second-order valence-electron chi connectivity index (χ2n) is 10.6. The molecule has 0 atom stereocenters. The number of hydrogen-bond acceptors (Lipinski definition) is 5. The molecule has 1 heterocycles. The van der Waals surface area contributed by atoms with E-state index >= 15 is 0 Å². The van der Waals surface area contributed by atoms with Crippen LogP contribution in [0.5, 0.6) is 5.75 Å². The minimum absolute atomic E-state index is 0.119. The average Bonchev–Trinajstić information content (AvgIpc) is 2.96. The van der Waals surface area contributed by atoms with E-state index in [0.717, 1.165) is 22.3 Å². The van der Waals surface area contributed by atoms with Gasteiger partial charge in [0.2, 0.25) is 5.91 Å². The lowest BCUT2D eigenvalue weighted by molar-refractivity contribution is -0.136. The fourth-order valence-corrected chi connectivity index (χ4v) is 7.11. The Kier molecular flexibility index (Phi) is 9.75. The molecule has 8 nitrogen and oxygen atoms in total. The van der Waals surface area contributed by atoms with E-state index in [0.29, 0.717) is 58.0 Å². The van der Waals surface area contributed by atoms with Gasteiger partial charge in [-0.25, -0.2) is 8.42 Å². The zero-order chi connectivity index (χ0) is 30.8. The smallest absolute Gasteiger partial charge is 0.264 e. The Balaban J connectivity index is 1.30. The Hall–Kier alpha value is -3.27. The molecule has 1 saturated heterocycles. The predicted octanol–water partition coefficient (Wildman–Crippen LogP) is 6.31. The van der Waals surface area contributed by atoms with Gasteiger partial charge in [0.05, 0.1) is 20.6 Å². The predicted molar refractivity (Wildman–Crippen MR) is 167 cm³/mol. The summed E-state index contributed by atoms with van der Waals surface area (Å²) in [5, 5.41) is 3.64. The quantitative estimate of drug-likeness (QED) is 0.314. The fourth-order valence-electron chi connectivity index (χ4n) is 5.04. The lowest BCUT2D eigenvalue weighted by Gasteiger charge is -2.31. The summed E-state index contributed by atoms with van der Waals surface area (Å²) < 4.78 is 34.1. The van der Waals surface area contributed by atoms with Crippen LogP contribution in [0, 0.1) is 33.6 Å². The van der Waals surface area contributed by atoms with Crippen molar-refractivity contribution in [2.75, 3.05) is 36.4 Å². The zero-order valence-corrected chi connectivity index (χ0v) is 26.7. The first-order chi connectivity index (χ1) is 19.8. The summed E-state index contributed by atoms with van der Waals surface area (Å²) in [5.41, 5.74) is 4.38. The number of nitrogens with zero attached hydrogens (tertiary/aromatic N) is 2. The van der Waals surface area contributed by atoms with Crippen LogP contribution >= 0.6 is 23.2 Å². The standard InChI is InChI=1S/C31H35Cl2N3O5S/c1-19-16-20(2)22(4)30(21(19)3)42(39,40)35(5)25-7-9-26(10-8-25)41-18-29(37)36-14-12-23(13-15-36)31(38)34-24-6-11-27(32)28(33)17-24/h6-11,16-17,23H,12-15,18H2,1-5H3,(H,34,38). The monoisotopic (exact) mass is 631 g/mol. The van der Waals surface area contributed by atoms with E-state index in [2.05, 4.69) is 5.32 Å². The maximum absolute atomic E-state index is 13.5. The van der Waals surface area contributed by atoms with Crippen molar-refractivity contribution in [2.45, 2.75) is 45.4 Å². The molecule has 1 fully saturated rings. The van der Waals surface area contributed by atoms with Gasteiger partial charge in [-0.3, -0.25) is 13.9 Å². The average molecular weight is 633 g/mol. The number of benzene rings is 3. The van der Waals surface area contributed by atoms with Crippen LogP contribution in [0.3, 0.4) is 0 Å². The summed E-state index contributed by atoms with van der Waals surface area (Å²) in [6, 6.07) is 13.5. The highest BCUT2D eigenvalue weighted by Gasteiger charge is 2.29. The van der Waals surface area contributed by atoms with Crippen molar-refractivity contribution in [3.63, 3.8) is 0 Å². The summed E-state index contributed by atoms with van der Waals surface area (Å²) >= 11 is 12.0. The van der Waals surface area contributed by atoms with Gasteiger partial charge in [0.15, 0.2) is 6.61 Å². The number of halogens is 2. The number of likely N-dealkylation sites (tertiary alicyclic amines) is 1. The Morgan fingerprint density at radius 2 is 1.52 bits per heavy atom. The molecule has 0 spiro atoms. The normalized spacial score (nSPS) is 14.0. The Labute approximate surface area is 257 Å². The minimum Gasteiger partial charge on any atom is -0.484 e. The highest BCUT2D eigenvalue weighted by Crippen LogP contribution is 2.31. The fraction of sp³-hybridized carbons (Fsp3) is 0.355. The lowest BCUT2D eigenvalue weighted by atomic mass is 9.95. The summed E-state index contributed by atoms with van der Waals surface area (Å²) in [7, 11) is -2.26. The molecule has 0 unspecified atom stereocenters. The van der Waals surface area contributed by atoms with Gasteiger partial charge in [0.1, 0.15) is 5.75 Å². The van der Waals surface area contributed by atoms with Gasteiger partial charge >= 0.3 is 0 Å². The van der Waals surface area contributed by atoms with Gasteiger partial charge in [0.25, 0.3) is 15.9 Å². The number of hydrogen-bond donors (Lipinski definition) is 1. The first-order valence-electron chi connectivity index (χ1n) is 13.6. The number of aryl methyl sites for hydroxylation is 2. The topological polar surface area (TPSA) is 96.0 Å². The molecule has 2 amide bonds. The van der Waals surface area contributed by atoms with Crippen LogP contribution in [-0.2, 0) is 19.6 Å². The summed E-state index contributed by atoms with van der Waals surface area (Å²) in [6.07, 6.45) is 1.07. The number of ether oxygens (including phenoxy) is 1. The van der Waals surface area contributed by atoms with E-state index in [-0.39, 0.29) is 24.3 Å². The molecule has 0 aromatic heterocycles. The van der Waals surface area contributed by atoms with Crippen molar-refractivity contribution in [1.29, 1.82) is 0 Å². The molecule has 0 saturated carbocycles. The number of amides is 2. The maximum atomic E-state index is 13.5. The molecule has 11 heteroatoms. The maximum Gasteiger partial charge on any atom is 0.264 e. The Morgan fingerprint density at radius 1 is 0.929 bits per heavy atom. The van der Waals surface area contributed by atoms with E-state index < -0.39 is 10.0 Å². The van der Waals surface area contributed by atoms with Crippen molar-refractivity contribution in [3.05, 3.63) is 80.8 Å². The van der Waals surface area contributed by atoms with Crippen LogP contribution in [0.1, 0.15) is 35.1 Å². The summed E-state index contributed by atoms with van der Waals surface area (Å²) in [6.45, 7) is 8.20. The number of sulfonamides is 1. The molecule has 1 N–H and O–H groups in total. The van der Waals surface area contributed by atoms with Crippen molar-refractivity contribution in [3.8, 4) is 5.75 Å². The highest BCUT2D eigenvalue weighted by atomic mass is 35.5. The van der Waals surface area contributed by atoms with Gasteiger partial charge in [0, 0.05) is 31.7 Å². The van der Waals surface area contributed by atoms with Crippen molar-refractivity contribution < 1.29 is 22.7 Å². The number of carbonyl (C=O) groups excluding carboxylic acids is 2. The Morgan fingerprint density at radius 3 is 2.10 bits per heavy atom. The molecule has 4 rings (SSSR count). The van der Waals surface area contributed by atoms with E-state index in [9.17, 15) is 18.0 Å². The van der Waals surface area contributed by atoms with E-state index in [1.54, 1.807) is 47.4 Å². The van der Waals surface area contributed by atoms with E-state index in [1.165, 1.54) is 11.4 Å². The van der Waals surface area contributed by atoms with E-state index in [4.69, 9.17) is 27.9 Å². The molecule has 3 aromatic carbocycles. The number of rotatable bonds is 8. The summed E-state index contributed by atoms with van der Waals surface area (Å²) in [4.78, 5) is 27.5. The largest absolute Gasteiger partial charge is 0.484 e. The third kappa shape index (κ3) is 6.85. The van der Waals surface area contributed by atoms with Gasteiger partial charge in [-0.1, -0.05) is 29.3 Å². The van der Waals surface area contributed by atoms with Crippen LogP contribution < -0.4 is 14.4 Å². The molecule has 224 valence electrons. The van der Waals surface area contributed by atoms with Crippen LogP contribution in [0.2, 0.25) is 10.0 Å². The minimum atomic E-state index is -3.79. The van der Waals surface area contributed by atoms with Gasteiger partial charge in [-0.05, 0) is 105 Å². The Bertz CT molecular complexity index is 1580. The number of piperidine rings is 1. The first-order valence-corrected chi connectivity index (χ1v) is 15.8. The summed E-state index contributed by atoms with van der Waals surface area (Å²) in [5.74, 6) is -0.0661. The van der Waals surface area contributed by atoms with Crippen LogP contribution in [0.25, 0.3) is 0 Å².